The highest BCUT2D eigenvalue weighted by Gasteiger charge is 2.30. The molecule has 0 unspecified atom stereocenters. The molecule has 9 nitrogen and oxygen atoms in total. The van der Waals surface area contributed by atoms with Gasteiger partial charge in [-0.3, -0.25) is 9.78 Å². The molecule has 0 spiro atoms. The molecule has 2 saturated heterocycles. The van der Waals surface area contributed by atoms with Gasteiger partial charge in [-0.2, -0.15) is 4.98 Å². The van der Waals surface area contributed by atoms with Gasteiger partial charge in [-0.15, -0.1) is 0 Å². The number of hydrogen-bond donors (Lipinski definition) is 1. The molecule has 0 atom stereocenters. The van der Waals surface area contributed by atoms with E-state index in [4.69, 9.17) is 14.7 Å². The van der Waals surface area contributed by atoms with Crippen molar-refractivity contribution in [3.05, 3.63) is 59.9 Å². The van der Waals surface area contributed by atoms with Gasteiger partial charge in [-0.05, 0) is 43.5 Å². The van der Waals surface area contributed by atoms with E-state index < -0.39 is 0 Å². The number of anilines is 3. The van der Waals surface area contributed by atoms with Crippen LogP contribution in [-0.2, 0) is 11.2 Å². The van der Waals surface area contributed by atoms with E-state index in [2.05, 4.69) is 14.8 Å². The first-order valence-corrected chi connectivity index (χ1v) is 12.7. The second-order valence-electron chi connectivity index (χ2n) is 9.49. The van der Waals surface area contributed by atoms with E-state index in [0.29, 0.717) is 50.7 Å². The van der Waals surface area contributed by atoms with Crippen molar-refractivity contribution in [3.63, 3.8) is 0 Å². The summed E-state index contributed by atoms with van der Waals surface area (Å²) in [5, 5.41) is 9.83. The Morgan fingerprint density at radius 2 is 1.83 bits per heavy atom. The van der Waals surface area contributed by atoms with E-state index >= 15 is 0 Å². The third-order valence-electron chi connectivity index (χ3n) is 7.20. The number of pyridine rings is 1. The van der Waals surface area contributed by atoms with Gasteiger partial charge in [-0.1, -0.05) is 12.1 Å². The molecule has 1 aromatic carbocycles. The maximum Gasteiger partial charge on any atom is 0.253 e. The minimum atomic E-state index is -0.314. The Morgan fingerprint density at radius 1 is 1.00 bits per heavy atom. The number of nitrogens with zero attached hydrogens (tertiary/aromatic N) is 6. The molecule has 0 radical (unpaired) electrons. The first-order valence-electron chi connectivity index (χ1n) is 12.7. The number of aliphatic hydroxyl groups is 1. The van der Waals surface area contributed by atoms with Crippen LogP contribution in [0.25, 0.3) is 11.3 Å². The van der Waals surface area contributed by atoms with E-state index in [-0.39, 0.29) is 12.0 Å². The standard InChI is InChI=1S/C27H30N6O3/c34-22-6-10-31(11-7-22)26(35)20-4-1-3-19(17-20)24-23-8-12-33(21-5-2-9-28-18-21)25(23)30-27(29-24)32-13-15-36-16-14-32/h1-5,9,17-18,22,34H,6-8,10-16H2. The second-order valence-corrected chi connectivity index (χ2v) is 9.49. The van der Waals surface area contributed by atoms with Crippen LogP contribution in [0, 0.1) is 0 Å². The van der Waals surface area contributed by atoms with Crippen LogP contribution in [0.3, 0.4) is 0 Å². The number of piperidine rings is 1. The fourth-order valence-electron chi connectivity index (χ4n) is 5.20. The van der Waals surface area contributed by atoms with Gasteiger partial charge >= 0.3 is 0 Å². The number of rotatable bonds is 4. The number of aliphatic hydroxyl groups excluding tert-OH is 1. The Kier molecular flexibility index (Phi) is 6.25. The predicted molar refractivity (Wildman–Crippen MR) is 137 cm³/mol. The highest BCUT2D eigenvalue weighted by Crippen LogP contribution is 2.39. The zero-order valence-corrected chi connectivity index (χ0v) is 20.2. The maximum atomic E-state index is 13.2. The molecule has 0 aliphatic carbocycles. The van der Waals surface area contributed by atoms with E-state index in [9.17, 15) is 9.90 Å². The SMILES string of the molecule is O=C(c1cccc(-c2nc(N3CCOCC3)nc3c2CCN3c2cccnc2)c1)N1CCC(O)CC1. The smallest absolute Gasteiger partial charge is 0.253 e. The summed E-state index contributed by atoms with van der Waals surface area (Å²) in [7, 11) is 0. The molecule has 6 rings (SSSR count). The molecule has 0 saturated carbocycles. The second kappa shape index (κ2) is 9.83. The minimum Gasteiger partial charge on any atom is -0.393 e. The highest BCUT2D eigenvalue weighted by atomic mass is 16.5. The molecule has 5 heterocycles. The number of ether oxygens (including phenoxy) is 1. The number of carbonyl (C=O) groups is 1. The molecule has 1 N–H and O–H groups in total. The Labute approximate surface area is 210 Å². The fourth-order valence-corrected chi connectivity index (χ4v) is 5.20. The topological polar surface area (TPSA) is 94.9 Å². The van der Waals surface area contributed by atoms with Gasteiger partial charge in [-0.25, -0.2) is 4.98 Å². The normalized spacial score (nSPS) is 18.4. The summed E-state index contributed by atoms with van der Waals surface area (Å²) in [4.78, 5) is 33.8. The molecular weight excluding hydrogens is 456 g/mol. The monoisotopic (exact) mass is 486 g/mol. The number of benzene rings is 1. The van der Waals surface area contributed by atoms with E-state index in [1.165, 1.54) is 0 Å². The van der Waals surface area contributed by atoms with Crippen molar-refractivity contribution in [2.24, 2.45) is 0 Å². The summed E-state index contributed by atoms with van der Waals surface area (Å²) in [6.45, 7) is 4.73. The van der Waals surface area contributed by atoms with Gasteiger partial charge in [0, 0.05) is 55.6 Å². The maximum absolute atomic E-state index is 13.2. The first kappa shape index (κ1) is 22.9. The number of amides is 1. The van der Waals surface area contributed by atoms with Crippen molar-refractivity contribution < 1.29 is 14.6 Å². The van der Waals surface area contributed by atoms with Crippen LogP contribution in [0.5, 0.6) is 0 Å². The molecule has 3 aromatic rings. The van der Waals surface area contributed by atoms with Gasteiger partial charge in [0.05, 0.1) is 36.9 Å². The number of aromatic nitrogens is 3. The molecule has 1 amide bonds. The number of carbonyl (C=O) groups excluding carboxylic acids is 1. The molecule has 2 fully saturated rings. The van der Waals surface area contributed by atoms with E-state index in [0.717, 1.165) is 54.4 Å². The van der Waals surface area contributed by atoms with Crippen LogP contribution in [0.15, 0.2) is 48.8 Å². The molecule has 36 heavy (non-hydrogen) atoms. The van der Waals surface area contributed by atoms with Gasteiger partial charge in [0.25, 0.3) is 5.91 Å². The summed E-state index contributed by atoms with van der Waals surface area (Å²) in [6.07, 6.45) is 5.38. The fraction of sp³-hybridized carbons (Fsp3) is 0.407. The highest BCUT2D eigenvalue weighted by molar-refractivity contribution is 5.95. The minimum absolute atomic E-state index is 0.000147. The Morgan fingerprint density at radius 3 is 2.61 bits per heavy atom. The van der Waals surface area contributed by atoms with Crippen molar-refractivity contribution in [1.29, 1.82) is 0 Å². The van der Waals surface area contributed by atoms with Crippen LogP contribution in [-0.4, -0.2) is 82.9 Å². The van der Waals surface area contributed by atoms with Crippen molar-refractivity contribution in [2.75, 3.05) is 55.7 Å². The van der Waals surface area contributed by atoms with Crippen molar-refractivity contribution >= 4 is 23.4 Å². The van der Waals surface area contributed by atoms with Crippen molar-refractivity contribution in [1.82, 2.24) is 19.9 Å². The van der Waals surface area contributed by atoms with Gasteiger partial charge in [0.15, 0.2) is 0 Å². The lowest BCUT2D eigenvalue weighted by atomic mass is 10.0. The lowest BCUT2D eigenvalue weighted by molar-refractivity contribution is 0.0546. The van der Waals surface area contributed by atoms with Crippen LogP contribution < -0.4 is 9.80 Å². The summed E-state index contributed by atoms with van der Waals surface area (Å²) in [6, 6.07) is 11.8. The van der Waals surface area contributed by atoms with Crippen LogP contribution in [0.1, 0.15) is 28.8 Å². The summed E-state index contributed by atoms with van der Waals surface area (Å²) >= 11 is 0. The van der Waals surface area contributed by atoms with Crippen molar-refractivity contribution in [3.8, 4) is 11.3 Å². The molecule has 0 bridgehead atoms. The van der Waals surface area contributed by atoms with E-state index in [1.54, 1.807) is 6.20 Å². The number of morpholine rings is 1. The number of fused-ring (bicyclic) bond motifs is 1. The van der Waals surface area contributed by atoms with Crippen LogP contribution >= 0.6 is 0 Å². The molecule has 2 aromatic heterocycles. The third kappa shape index (κ3) is 4.40. The lowest BCUT2D eigenvalue weighted by Crippen LogP contribution is -2.40. The van der Waals surface area contributed by atoms with Gasteiger partial charge in [0.2, 0.25) is 5.95 Å². The number of likely N-dealkylation sites (tertiary alicyclic amines) is 1. The molecule has 3 aliphatic heterocycles. The largest absolute Gasteiger partial charge is 0.393 e. The van der Waals surface area contributed by atoms with Crippen LogP contribution in [0.4, 0.5) is 17.5 Å². The molecule has 3 aliphatic rings. The van der Waals surface area contributed by atoms with E-state index in [1.807, 2.05) is 47.5 Å². The van der Waals surface area contributed by atoms with Gasteiger partial charge in [0.1, 0.15) is 5.82 Å². The Hall–Kier alpha value is -3.56. The Bertz CT molecular complexity index is 1240. The summed E-state index contributed by atoms with van der Waals surface area (Å²) in [5.74, 6) is 1.58. The molecule has 186 valence electrons. The van der Waals surface area contributed by atoms with Crippen molar-refractivity contribution in [2.45, 2.75) is 25.4 Å². The van der Waals surface area contributed by atoms with Gasteiger partial charge < -0.3 is 24.5 Å². The van der Waals surface area contributed by atoms with Crippen LogP contribution in [0.2, 0.25) is 0 Å². The summed E-state index contributed by atoms with van der Waals surface area (Å²) < 4.78 is 5.55. The average molecular weight is 487 g/mol. The first-order chi connectivity index (χ1) is 17.7. The summed E-state index contributed by atoms with van der Waals surface area (Å²) in [5.41, 5.74) is 4.52. The number of hydrogen-bond acceptors (Lipinski definition) is 8. The molecule has 9 heteroatoms. The third-order valence-corrected chi connectivity index (χ3v) is 7.20. The zero-order chi connectivity index (χ0) is 24.5. The molecular formula is C27H30N6O3. The Balaban J connectivity index is 1.40. The average Bonchev–Trinajstić information content (AvgIpc) is 3.38. The predicted octanol–water partition coefficient (Wildman–Crippen LogP) is 2.67. The quantitative estimate of drug-likeness (QED) is 0.602. The lowest BCUT2D eigenvalue weighted by Gasteiger charge is -2.30. The zero-order valence-electron chi connectivity index (χ0n) is 20.2.